The smallest absolute Gasteiger partial charge is 0.0181 e. The van der Waals surface area contributed by atoms with Gasteiger partial charge in [0.05, 0.1) is 0 Å². The molecule has 0 atom stereocenters. The van der Waals surface area contributed by atoms with Crippen LogP contribution in [0.3, 0.4) is 0 Å². The first kappa shape index (κ1) is 32.9. The molecule has 0 spiro atoms. The molecule has 0 heteroatoms. The molecule has 0 N–H and O–H groups in total. The minimum absolute atomic E-state index is 0. The summed E-state index contributed by atoms with van der Waals surface area (Å²) in [6.07, 6.45) is 4.08. The molecule has 0 aliphatic carbocycles. The van der Waals surface area contributed by atoms with Crippen molar-refractivity contribution in [1.82, 2.24) is 0 Å². The second kappa shape index (κ2) is 16.0. The Morgan fingerprint density at radius 3 is 0.684 bits per heavy atom. The van der Waals surface area contributed by atoms with E-state index in [1.165, 1.54) is 86.0 Å². The van der Waals surface area contributed by atoms with Gasteiger partial charge in [0.2, 0.25) is 0 Å². The van der Waals surface area contributed by atoms with Gasteiger partial charge in [-0.3, -0.25) is 0 Å². The maximum absolute atomic E-state index is 2.26. The summed E-state index contributed by atoms with van der Waals surface area (Å²) in [5.41, 5.74) is 16.1. The minimum atomic E-state index is 0. The quantitative estimate of drug-likeness (QED) is 0.257. The van der Waals surface area contributed by atoms with E-state index >= 15 is 0 Å². The van der Waals surface area contributed by atoms with Crippen LogP contribution >= 0.6 is 0 Å². The largest absolute Gasteiger partial charge is 0.0776 e. The first-order valence-corrected chi connectivity index (χ1v) is 13.9. The summed E-state index contributed by atoms with van der Waals surface area (Å²) in [6.45, 7) is 21.7. The number of aryl methyl sites for hydroxylation is 8. The van der Waals surface area contributed by atoms with Crippen molar-refractivity contribution < 1.29 is 0 Å². The highest BCUT2D eigenvalue weighted by molar-refractivity contribution is 5.67. The Labute approximate surface area is 235 Å². The second-order valence-corrected chi connectivity index (χ2v) is 10.5. The number of hydrogen-bond acceptors (Lipinski definition) is 0. The molecule has 0 fully saturated rings. The third-order valence-electron chi connectivity index (χ3n) is 7.40. The Morgan fingerprint density at radius 2 is 0.553 bits per heavy atom. The number of hydrogen-bond donors (Lipinski definition) is 0. The van der Waals surface area contributed by atoms with Gasteiger partial charge in [0.1, 0.15) is 0 Å². The van der Waals surface area contributed by atoms with Crippen molar-refractivity contribution >= 4 is 0 Å². The Morgan fingerprint density at radius 1 is 0.342 bits per heavy atom. The van der Waals surface area contributed by atoms with Gasteiger partial charge in [-0.2, -0.15) is 0 Å². The molecule has 0 bridgehead atoms. The van der Waals surface area contributed by atoms with Crippen LogP contribution in [0.1, 0.15) is 85.0 Å². The van der Waals surface area contributed by atoms with E-state index in [9.17, 15) is 0 Å². The van der Waals surface area contributed by atoms with Crippen LogP contribution in [-0.4, -0.2) is 0 Å². The van der Waals surface area contributed by atoms with Crippen molar-refractivity contribution in [1.29, 1.82) is 0 Å². The van der Waals surface area contributed by atoms with Crippen LogP contribution in [-0.2, 0) is 0 Å². The molecule has 0 aliphatic rings. The van der Waals surface area contributed by atoms with Gasteiger partial charge >= 0.3 is 0 Å². The predicted octanol–water partition coefficient (Wildman–Crippen LogP) is 12.0. The SMILES string of the molecule is C.CCCCC.Cc1ccc(-c2ccc(C)c(C)c2)cc1C.Cc1ccc(-c2ccc(C)c(C)c2)cc1C. The summed E-state index contributed by atoms with van der Waals surface area (Å²) in [7, 11) is 0. The highest BCUT2D eigenvalue weighted by Crippen LogP contribution is 2.25. The molecule has 0 aromatic heterocycles. The molecular formula is C38H52. The van der Waals surface area contributed by atoms with E-state index < -0.39 is 0 Å². The Bertz CT molecular complexity index is 1090. The van der Waals surface area contributed by atoms with Crippen LogP contribution in [0.2, 0.25) is 0 Å². The molecule has 204 valence electrons. The summed E-state index contributed by atoms with van der Waals surface area (Å²) >= 11 is 0. The highest BCUT2D eigenvalue weighted by atomic mass is 14.1. The zero-order valence-corrected chi connectivity index (χ0v) is 25.0. The molecule has 4 aromatic carbocycles. The fourth-order valence-corrected chi connectivity index (χ4v) is 4.04. The van der Waals surface area contributed by atoms with Crippen molar-refractivity contribution in [3.05, 3.63) is 117 Å². The summed E-state index contributed by atoms with van der Waals surface area (Å²) in [6, 6.07) is 26.6. The van der Waals surface area contributed by atoms with Gasteiger partial charge in [-0.1, -0.05) is 113 Å². The van der Waals surface area contributed by atoms with Gasteiger partial charge in [-0.15, -0.1) is 0 Å². The van der Waals surface area contributed by atoms with E-state index in [4.69, 9.17) is 0 Å². The van der Waals surface area contributed by atoms with Crippen LogP contribution in [0, 0.1) is 55.4 Å². The molecule has 0 saturated heterocycles. The van der Waals surface area contributed by atoms with Crippen molar-refractivity contribution in [3.63, 3.8) is 0 Å². The molecule has 4 aromatic rings. The van der Waals surface area contributed by atoms with Gasteiger partial charge in [0.25, 0.3) is 0 Å². The molecule has 0 heterocycles. The standard InChI is InChI=1S/2C16H18.C5H12.CH4/c2*1-11-5-7-15(9-13(11)3)16-8-6-12(2)14(4)10-16;1-3-5-4-2;/h2*5-10H,1-4H3;3-5H2,1-2H3;1H4. The first-order valence-electron chi connectivity index (χ1n) is 13.9. The lowest BCUT2D eigenvalue weighted by molar-refractivity contribution is 0.772. The lowest BCUT2D eigenvalue weighted by Gasteiger charge is -2.08. The maximum atomic E-state index is 2.26. The van der Waals surface area contributed by atoms with Crippen molar-refractivity contribution in [2.45, 2.75) is 95.9 Å². The second-order valence-electron chi connectivity index (χ2n) is 10.5. The van der Waals surface area contributed by atoms with Crippen molar-refractivity contribution in [3.8, 4) is 22.3 Å². The number of benzene rings is 4. The van der Waals surface area contributed by atoms with Crippen LogP contribution in [0.4, 0.5) is 0 Å². The first-order chi connectivity index (χ1) is 17.6. The van der Waals surface area contributed by atoms with Gasteiger partial charge in [-0.05, 0) is 122 Å². The zero-order valence-electron chi connectivity index (χ0n) is 25.0. The van der Waals surface area contributed by atoms with E-state index in [-0.39, 0.29) is 7.43 Å². The average molecular weight is 509 g/mol. The summed E-state index contributed by atoms with van der Waals surface area (Å²) < 4.78 is 0. The lowest BCUT2D eigenvalue weighted by Crippen LogP contribution is -1.86. The van der Waals surface area contributed by atoms with E-state index in [0.717, 1.165) is 0 Å². The molecular weight excluding hydrogens is 456 g/mol. The summed E-state index contributed by atoms with van der Waals surface area (Å²) in [4.78, 5) is 0. The van der Waals surface area contributed by atoms with Gasteiger partial charge in [-0.25, -0.2) is 0 Å². The van der Waals surface area contributed by atoms with E-state index in [2.05, 4.69) is 142 Å². The molecule has 0 aliphatic heterocycles. The van der Waals surface area contributed by atoms with Crippen LogP contribution < -0.4 is 0 Å². The van der Waals surface area contributed by atoms with Crippen LogP contribution in [0.15, 0.2) is 72.8 Å². The average Bonchev–Trinajstić information content (AvgIpc) is 2.87. The predicted molar refractivity (Wildman–Crippen MR) is 174 cm³/mol. The fourth-order valence-electron chi connectivity index (χ4n) is 4.04. The zero-order chi connectivity index (χ0) is 27.5. The van der Waals surface area contributed by atoms with Crippen LogP contribution in [0.25, 0.3) is 22.3 Å². The third kappa shape index (κ3) is 9.64. The summed E-state index contributed by atoms with van der Waals surface area (Å²) in [5, 5.41) is 0. The summed E-state index contributed by atoms with van der Waals surface area (Å²) in [5.74, 6) is 0. The highest BCUT2D eigenvalue weighted by Gasteiger charge is 2.02. The maximum Gasteiger partial charge on any atom is -0.0181 e. The van der Waals surface area contributed by atoms with E-state index in [0.29, 0.717) is 0 Å². The molecule has 0 nitrogen and oxygen atoms in total. The molecule has 38 heavy (non-hydrogen) atoms. The monoisotopic (exact) mass is 508 g/mol. The Kier molecular flexibility index (Phi) is 13.8. The fraction of sp³-hybridized carbons (Fsp3) is 0.368. The molecule has 0 unspecified atom stereocenters. The molecule has 4 rings (SSSR count). The van der Waals surface area contributed by atoms with E-state index in [1.54, 1.807) is 0 Å². The normalized spacial score (nSPS) is 9.95. The number of rotatable bonds is 4. The van der Waals surface area contributed by atoms with Gasteiger partial charge in [0.15, 0.2) is 0 Å². The Hall–Kier alpha value is -3.12. The topological polar surface area (TPSA) is 0 Å². The van der Waals surface area contributed by atoms with Crippen LogP contribution in [0.5, 0.6) is 0 Å². The van der Waals surface area contributed by atoms with Crippen molar-refractivity contribution in [2.75, 3.05) is 0 Å². The third-order valence-corrected chi connectivity index (χ3v) is 7.40. The Balaban J connectivity index is 0.000000317. The molecule has 0 amide bonds. The van der Waals surface area contributed by atoms with E-state index in [1.807, 2.05) is 0 Å². The lowest BCUT2D eigenvalue weighted by atomic mass is 9.98. The van der Waals surface area contributed by atoms with Gasteiger partial charge < -0.3 is 0 Å². The van der Waals surface area contributed by atoms with Gasteiger partial charge in [0, 0.05) is 0 Å². The molecule has 0 saturated carbocycles. The molecule has 0 radical (unpaired) electrons. The number of unbranched alkanes of at least 4 members (excludes halogenated alkanes) is 2. The van der Waals surface area contributed by atoms with Crippen molar-refractivity contribution in [2.24, 2.45) is 0 Å². The minimum Gasteiger partial charge on any atom is -0.0776 e.